The van der Waals surface area contributed by atoms with Crippen LogP contribution in [0.25, 0.3) is 34.5 Å². The number of alkyl halides is 1. The first-order valence-electron chi connectivity index (χ1n) is 8.13. The van der Waals surface area contributed by atoms with Crippen molar-refractivity contribution in [3.63, 3.8) is 0 Å². The highest BCUT2D eigenvalue weighted by molar-refractivity contribution is 14.1. The van der Waals surface area contributed by atoms with E-state index in [2.05, 4.69) is 78.4 Å². The van der Waals surface area contributed by atoms with Crippen LogP contribution in [0, 0.1) is 0 Å². The summed E-state index contributed by atoms with van der Waals surface area (Å²) in [6.07, 6.45) is 13.2. The molecule has 1 unspecified atom stereocenters. The number of benzene rings is 2. The van der Waals surface area contributed by atoms with Crippen molar-refractivity contribution >= 4 is 57.1 Å². The Bertz CT molecular complexity index is 1060. The molecule has 0 bridgehead atoms. The van der Waals surface area contributed by atoms with E-state index in [1.807, 2.05) is 49.1 Å². The molecule has 0 aliphatic heterocycles. The van der Waals surface area contributed by atoms with E-state index in [0.29, 0.717) is 3.92 Å². The molecule has 25 heavy (non-hydrogen) atoms. The summed E-state index contributed by atoms with van der Waals surface area (Å²) < 4.78 is 4.53. The van der Waals surface area contributed by atoms with Crippen LogP contribution in [0.2, 0.25) is 0 Å². The van der Waals surface area contributed by atoms with Crippen LogP contribution < -0.4 is 0 Å². The fourth-order valence-corrected chi connectivity index (χ4v) is 3.24. The number of nitrogens with zero attached hydrogens (tertiary/aromatic N) is 4. The summed E-state index contributed by atoms with van der Waals surface area (Å²) in [7, 11) is 0. The Hall–Kier alpha value is -2.41. The van der Waals surface area contributed by atoms with E-state index in [9.17, 15) is 0 Å². The van der Waals surface area contributed by atoms with Crippen LogP contribution in [0.5, 0.6) is 0 Å². The minimum absolute atomic E-state index is 0.407. The van der Waals surface area contributed by atoms with Gasteiger partial charge in [0.2, 0.25) is 0 Å². The predicted molar refractivity (Wildman–Crippen MR) is 113 cm³/mol. The molecule has 4 nitrogen and oxygen atoms in total. The van der Waals surface area contributed by atoms with Crippen LogP contribution >= 0.6 is 22.6 Å². The zero-order chi connectivity index (χ0) is 17.1. The van der Waals surface area contributed by atoms with E-state index in [-0.39, 0.29) is 0 Å². The molecule has 0 amide bonds. The fourth-order valence-electron chi connectivity index (χ4n) is 2.76. The molecule has 0 aliphatic rings. The highest BCUT2D eigenvalue weighted by atomic mass is 127. The van der Waals surface area contributed by atoms with Gasteiger partial charge in [-0.1, -0.05) is 59.0 Å². The van der Waals surface area contributed by atoms with Crippen LogP contribution in [-0.2, 0) is 0 Å². The maximum Gasteiger partial charge on any atom is 0.0999 e. The molecule has 0 aliphatic carbocycles. The summed E-state index contributed by atoms with van der Waals surface area (Å²) in [5.41, 5.74) is 4.29. The van der Waals surface area contributed by atoms with E-state index < -0.39 is 0 Å². The molecule has 0 radical (unpaired) electrons. The third-order valence-electron chi connectivity index (χ3n) is 4.05. The molecule has 0 fully saturated rings. The minimum Gasteiger partial charge on any atom is -0.306 e. The number of hydrogen-bond acceptors (Lipinski definition) is 2. The van der Waals surface area contributed by atoms with Crippen LogP contribution in [0.4, 0.5) is 0 Å². The first kappa shape index (κ1) is 16.1. The molecule has 4 aromatic rings. The molecule has 0 saturated heterocycles. The van der Waals surface area contributed by atoms with Crippen LogP contribution in [0.3, 0.4) is 0 Å². The smallest absolute Gasteiger partial charge is 0.0999 e. The predicted octanol–water partition coefficient (Wildman–Crippen LogP) is 5.22. The average Bonchev–Trinajstić information content (AvgIpc) is 3.24. The van der Waals surface area contributed by atoms with E-state index in [4.69, 9.17) is 0 Å². The highest BCUT2D eigenvalue weighted by Gasteiger charge is 2.01. The third-order valence-corrected chi connectivity index (χ3v) is 4.97. The lowest BCUT2D eigenvalue weighted by Gasteiger charge is -2.01. The van der Waals surface area contributed by atoms with Crippen LogP contribution in [0.1, 0.15) is 6.42 Å². The number of halogens is 1. The number of imidazole rings is 2. The standard InChI is InChI=1S/C20H17IN4/c21-16(11-13-25-15-23-18-8-2-4-10-20(18)25)6-5-12-24-14-22-17-7-1-3-9-19(17)24/h1-5,7-16H,6H2/b12-5+,13-11+. The zero-order valence-corrected chi connectivity index (χ0v) is 15.7. The number of para-hydroxylation sites is 4. The van der Waals surface area contributed by atoms with Gasteiger partial charge in [0.25, 0.3) is 0 Å². The Labute approximate surface area is 159 Å². The van der Waals surface area contributed by atoms with Gasteiger partial charge in [0, 0.05) is 16.3 Å². The number of allylic oxidation sites excluding steroid dienone is 2. The lowest BCUT2D eigenvalue weighted by Crippen LogP contribution is -1.92. The van der Waals surface area contributed by atoms with E-state index in [0.717, 1.165) is 28.5 Å². The normalized spacial score (nSPS) is 13.5. The summed E-state index contributed by atoms with van der Waals surface area (Å²) >= 11 is 2.45. The minimum atomic E-state index is 0.407. The molecule has 1 atom stereocenters. The second-order valence-electron chi connectivity index (χ2n) is 5.76. The number of hydrogen-bond donors (Lipinski definition) is 0. The Kier molecular flexibility index (Phi) is 4.65. The molecule has 0 N–H and O–H groups in total. The van der Waals surface area contributed by atoms with Crippen molar-refractivity contribution in [2.24, 2.45) is 0 Å². The topological polar surface area (TPSA) is 35.6 Å². The maximum atomic E-state index is 4.41. The third kappa shape index (κ3) is 3.51. The van der Waals surface area contributed by atoms with Crippen molar-refractivity contribution in [3.8, 4) is 0 Å². The van der Waals surface area contributed by atoms with Gasteiger partial charge < -0.3 is 9.13 Å². The van der Waals surface area contributed by atoms with Crippen molar-refractivity contribution in [1.82, 2.24) is 19.1 Å². The number of rotatable bonds is 5. The van der Waals surface area contributed by atoms with Gasteiger partial charge in [0.05, 0.1) is 34.7 Å². The lowest BCUT2D eigenvalue weighted by atomic mass is 10.3. The zero-order valence-electron chi connectivity index (χ0n) is 13.5. The monoisotopic (exact) mass is 440 g/mol. The highest BCUT2D eigenvalue weighted by Crippen LogP contribution is 2.16. The average molecular weight is 440 g/mol. The molecule has 0 saturated carbocycles. The number of fused-ring (bicyclic) bond motifs is 2. The summed E-state index contributed by atoms with van der Waals surface area (Å²) in [6.45, 7) is 0. The summed E-state index contributed by atoms with van der Waals surface area (Å²) in [4.78, 5) is 8.81. The molecule has 4 rings (SSSR count). The molecule has 2 aromatic carbocycles. The van der Waals surface area contributed by atoms with Gasteiger partial charge in [0.1, 0.15) is 0 Å². The van der Waals surface area contributed by atoms with Crippen molar-refractivity contribution < 1.29 is 0 Å². The Morgan fingerprint density at radius 1 is 0.840 bits per heavy atom. The molecular formula is C20H17IN4. The fraction of sp³-hybridized carbons (Fsp3) is 0.100. The summed E-state index contributed by atoms with van der Waals surface area (Å²) in [6, 6.07) is 16.3. The van der Waals surface area contributed by atoms with Gasteiger partial charge in [-0.05, 0) is 30.7 Å². The second-order valence-corrected chi connectivity index (χ2v) is 7.36. The van der Waals surface area contributed by atoms with Gasteiger partial charge in [-0.25, -0.2) is 9.97 Å². The first-order valence-corrected chi connectivity index (χ1v) is 9.38. The van der Waals surface area contributed by atoms with E-state index >= 15 is 0 Å². The van der Waals surface area contributed by atoms with Gasteiger partial charge in [-0.15, -0.1) is 0 Å². The van der Waals surface area contributed by atoms with Gasteiger partial charge in [-0.2, -0.15) is 0 Å². The van der Waals surface area contributed by atoms with Crippen molar-refractivity contribution in [2.75, 3.05) is 0 Å². The van der Waals surface area contributed by atoms with Crippen molar-refractivity contribution in [3.05, 3.63) is 73.3 Å². The SMILES string of the molecule is IC(/C=C/n1cnc2ccccc21)C/C=C/n1cnc2ccccc21. The Balaban J connectivity index is 1.43. The van der Waals surface area contributed by atoms with Crippen molar-refractivity contribution in [1.29, 1.82) is 0 Å². The van der Waals surface area contributed by atoms with Gasteiger partial charge >= 0.3 is 0 Å². The first-order chi connectivity index (χ1) is 12.3. The van der Waals surface area contributed by atoms with Gasteiger partial charge in [0.15, 0.2) is 0 Å². The maximum absolute atomic E-state index is 4.41. The molecule has 124 valence electrons. The molecule has 2 heterocycles. The molecular weight excluding hydrogens is 423 g/mol. The van der Waals surface area contributed by atoms with Crippen LogP contribution in [0.15, 0.2) is 73.3 Å². The van der Waals surface area contributed by atoms with Crippen molar-refractivity contribution in [2.45, 2.75) is 10.3 Å². The Morgan fingerprint density at radius 3 is 2.04 bits per heavy atom. The van der Waals surface area contributed by atoms with Crippen LogP contribution in [-0.4, -0.2) is 23.0 Å². The molecule has 5 heteroatoms. The Morgan fingerprint density at radius 2 is 1.40 bits per heavy atom. The molecule has 2 aromatic heterocycles. The largest absolute Gasteiger partial charge is 0.306 e. The summed E-state index contributed by atoms with van der Waals surface area (Å²) in [5, 5.41) is 0. The van der Waals surface area contributed by atoms with E-state index in [1.54, 1.807) is 0 Å². The quantitative estimate of drug-likeness (QED) is 0.315. The lowest BCUT2D eigenvalue weighted by molar-refractivity contribution is 1.08. The second kappa shape index (κ2) is 7.23. The molecule has 0 spiro atoms. The van der Waals surface area contributed by atoms with Gasteiger partial charge in [-0.3, -0.25) is 0 Å². The number of aromatic nitrogens is 4. The van der Waals surface area contributed by atoms with E-state index in [1.165, 1.54) is 0 Å². The summed E-state index contributed by atoms with van der Waals surface area (Å²) in [5.74, 6) is 0.